The van der Waals surface area contributed by atoms with Gasteiger partial charge in [-0.3, -0.25) is 9.59 Å². The molecule has 0 saturated heterocycles. The monoisotopic (exact) mass is 585 g/mol. The molecule has 12 nitrogen and oxygen atoms in total. The Morgan fingerprint density at radius 3 is 2.13 bits per heavy atom. The fourth-order valence-electron chi connectivity index (χ4n) is 3.34. The third kappa shape index (κ3) is 9.71. The highest BCUT2D eigenvalue weighted by atomic mass is 32.2. The van der Waals surface area contributed by atoms with Crippen LogP contribution < -0.4 is 15.2 Å². The summed E-state index contributed by atoms with van der Waals surface area (Å²) in [4.78, 5) is 36.4. The molecule has 3 atom stereocenters. The summed E-state index contributed by atoms with van der Waals surface area (Å²) in [6.45, 7) is 7.00. The van der Waals surface area contributed by atoms with Crippen LogP contribution in [0.1, 0.15) is 34.6 Å². The summed E-state index contributed by atoms with van der Waals surface area (Å²) in [7, 11) is -8.93. The first-order valence-electron chi connectivity index (χ1n) is 12.2. The maximum atomic E-state index is 13.1. The van der Waals surface area contributed by atoms with Crippen LogP contribution in [-0.4, -0.2) is 61.3 Å². The number of esters is 1. The van der Waals surface area contributed by atoms with Crippen LogP contribution in [0, 0.1) is 5.92 Å². The van der Waals surface area contributed by atoms with E-state index in [1.807, 2.05) is 6.07 Å². The Morgan fingerprint density at radius 2 is 1.62 bits per heavy atom. The minimum Gasteiger partial charge on any atom is -0.460 e. The largest absolute Gasteiger partial charge is 0.460 e. The van der Waals surface area contributed by atoms with Gasteiger partial charge in [-0.15, -0.1) is 0 Å². The van der Waals surface area contributed by atoms with Gasteiger partial charge in [0.15, 0.2) is 0 Å². The second-order valence-corrected chi connectivity index (χ2v) is 12.8. The fourth-order valence-corrected chi connectivity index (χ4v) is 5.54. The van der Waals surface area contributed by atoms with E-state index in [9.17, 15) is 27.5 Å². The molecule has 0 spiro atoms. The summed E-state index contributed by atoms with van der Waals surface area (Å²) in [5.74, 6) is -1.36. The number of carbonyl (C=O) groups is 2. The van der Waals surface area contributed by atoms with Crippen molar-refractivity contribution in [2.45, 2.75) is 51.3 Å². The second kappa shape index (κ2) is 13.5. The molecule has 39 heavy (non-hydrogen) atoms. The quantitative estimate of drug-likeness (QED) is 0.179. The van der Waals surface area contributed by atoms with Crippen molar-refractivity contribution in [3.05, 3.63) is 54.6 Å². The van der Waals surface area contributed by atoms with Gasteiger partial charge in [-0.2, -0.15) is 4.72 Å². The minimum atomic E-state index is -4.69. The summed E-state index contributed by atoms with van der Waals surface area (Å²) in [5.41, 5.74) is 3.94. The van der Waals surface area contributed by atoms with Gasteiger partial charge in [0.05, 0.1) is 17.7 Å². The Bertz CT molecular complexity index is 1270. The van der Waals surface area contributed by atoms with Gasteiger partial charge in [0.2, 0.25) is 10.0 Å². The Balaban J connectivity index is 2.27. The van der Waals surface area contributed by atoms with Gasteiger partial charge < -0.3 is 29.5 Å². The first-order chi connectivity index (χ1) is 18.1. The molecule has 0 saturated carbocycles. The number of nitrogens with zero attached hydrogens (tertiary/aromatic N) is 1. The molecule has 0 radical (unpaired) electrons. The maximum absolute atomic E-state index is 13.1. The summed E-state index contributed by atoms with van der Waals surface area (Å²) in [5, 5.41) is 0. The van der Waals surface area contributed by atoms with Gasteiger partial charge in [0, 0.05) is 13.1 Å². The number of amides is 1. The van der Waals surface area contributed by atoms with Crippen LogP contribution in [0.25, 0.3) is 0 Å². The molecule has 14 heteroatoms. The van der Waals surface area contributed by atoms with Gasteiger partial charge in [0.25, 0.3) is 0 Å². The molecule has 1 amide bonds. The van der Waals surface area contributed by atoms with E-state index in [2.05, 4.69) is 4.72 Å². The van der Waals surface area contributed by atoms with Gasteiger partial charge >= 0.3 is 19.2 Å². The number of ether oxygens (including phenoxy) is 2. The molecule has 2 aromatic carbocycles. The number of nitrogens with one attached hydrogen (secondary N) is 1. The van der Waals surface area contributed by atoms with E-state index >= 15 is 0 Å². The summed E-state index contributed by atoms with van der Waals surface area (Å²) < 4.78 is 56.5. The standard InChI is InChI=1S/C25H36N3O9PS/c1-6-28(24(30)38(31,32)35-7-2)17-21(23(29)37-25(3,4)5)22(26)27-39(33,34)20-15-13-19(14-16-20)36-18-11-9-8-10-12-18/h8-16,21-22,27H,6-7,17,26H2,1-5H3,(H,31,32). The van der Waals surface area contributed by atoms with Gasteiger partial charge in [-0.05, 0) is 71.0 Å². The number of hydrogen-bond acceptors (Lipinski definition) is 9. The molecule has 216 valence electrons. The van der Waals surface area contributed by atoms with Crippen LogP contribution in [0.5, 0.6) is 11.5 Å². The van der Waals surface area contributed by atoms with Crippen LogP contribution in [-0.2, 0) is 28.6 Å². The fraction of sp³-hybridized carbons (Fsp3) is 0.440. The molecule has 0 bridgehead atoms. The highest BCUT2D eigenvalue weighted by molar-refractivity contribution is 7.89. The Labute approximate surface area is 229 Å². The van der Waals surface area contributed by atoms with E-state index in [0.717, 1.165) is 4.90 Å². The summed E-state index contributed by atoms with van der Waals surface area (Å²) in [6, 6.07) is 14.5. The zero-order chi connectivity index (χ0) is 29.4. The number of nitrogens with two attached hydrogens (primary N) is 1. The molecular formula is C25H36N3O9PS. The molecule has 0 aliphatic heterocycles. The first kappa shape index (κ1) is 32.4. The average molecular weight is 586 g/mol. The highest BCUT2D eigenvalue weighted by Gasteiger charge is 2.40. The van der Waals surface area contributed by atoms with Crippen molar-refractivity contribution >= 4 is 29.2 Å². The second-order valence-electron chi connectivity index (χ2n) is 9.43. The van der Waals surface area contributed by atoms with Crippen molar-refractivity contribution in [2.24, 2.45) is 11.7 Å². The third-order valence-electron chi connectivity index (χ3n) is 5.16. The van der Waals surface area contributed by atoms with E-state index in [4.69, 9.17) is 19.7 Å². The zero-order valence-corrected chi connectivity index (χ0v) is 24.3. The number of rotatable bonds is 13. The number of sulfonamides is 1. The van der Waals surface area contributed by atoms with Crippen LogP contribution in [0.3, 0.4) is 0 Å². The predicted molar refractivity (Wildman–Crippen MR) is 145 cm³/mol. The Morgan fingerprint density at radius 1 is 1.05 bits per heavy atom. The van der Waals surface area contributed by atoms with Crippen molar-refractivity contribution < 1.29 is 41.5 Å². The van der Waals surface area contributed by atoms with Gasteiger partial charge in [-0.1, -0.05) is 18.2 Å². The van der Waals surface area contributed by atoms with Crippen molar-refractivity contribution in [1.29, 1.82) is 0 Å². The molecule has 0 fully saturated rings. The molecule has 0 aliphatic carbocycles. The maximum Gasteiger partial charge on any atom is 0.415 e. The summed E-state index contributed by atoms with van der Waals surface area (Å²) >= 11 is 0. The van der Waals surface area contributed by atoms with Gasteiger partial charge in [0.1, 0.15) is 23.0 Å². The average Bonchev–Trinajstić information content (AvgIpc) is 2.83. The number of carbonyl (C=O) groups excluding carboxylic acids is 2. The van der Waals surface area contributed by atoms with Crippen LogP contribution in [0.4, 0.5) is 4.79 Å². The smallest absolute Gasteiger partial charge is 0.415 e. The van der Waals surface area contributed by atoms with E-state index in [-0.39, 0.29) is 18.0 Å². The molecule has 0 heterocycles. The number of hydrogen-bond donors (Lipinski definition) is 3. The topological polar surface area (TPSA) is 175 Å². The molecule has 0 aromatic heterocycles. The molecular weight excluding hydrogens is 549 g/mol. The number of para-hydroxylation sites is 1. The van der Waals surface area contributed by atoms with Crippen molar-refractivity contribution in [3.63, 3.8) is 0 Å². The Kier molecular flexibility index (Phi) is 11.2. The van der Waals surface area contributed by atoms with E-state index < -0.39 is 53.5 Å². The lowest BCUT2D eigenvalue weighted by Gasteiger charge is -2.31. The van der Waals surface area contributed by atoms with Crippen molar-refractivity contribution in [3.8, 4) is 11.5 Å². The SMILES string of the molecule is CCOP(=O)(O)C(=O)N(CC)CC(C(=O)OC(C)(C)C)C(N)NS(=O)(=O)c1ccc(Oc2ccccc2)cc1. The lowest BCUT2D eigenvalue weighted by molar-refractivity contribution is -0.161. The predicted octanol–water partition coefficient (Wildman–Crippen LogP) is 3.66. The molecule has 2 rings (SSSR count). The normalized spacial score (nSPS) is 15.1. The van der Waals surface area contributed by atoms with E-state index in [1.165, 1.54) is 38.1 Å². The van der Waals surface area contributed by atoms with Crippen LogP contribution >= 0.6 is 7.60 Å². The molecule has 3 unspecified atom stereocenters. The lowest BCUT2D eigenvalue weighted by Crippen LogP contribution is -2.54. The lowest BCUT2D eigenvalue weighted by atomic mass is 10.1. The summed E-state index contributed by atoms with van der Waals surface area (Å²) in [6.07, 6.45) is -1.56. The third-order valence-corrected chi connectivity index (χ3v) is 8.01. The van der Waals surface area contributed by atoms with E-state index in [1.54, 1.807) is 45.0 Å². The zero-order valence-electron chi connectivity index (χ0n) is 22.6. The minimum absolute atomic E-state index is 0.0852. The van der Waals surface area contributed by atoms with Crippen LogP contribution in [0.15, 0.2) is 59.5 Å². The van der Waals surface area contributed by atoms with Gasteiger partial charge in [-0.25, -0.2) is 13.0 Å². The van der Waals surface area contributed by atoms with Crippen LogP contribution in [0.2, 0.25) is 0 Å². The Hall–Kier alpha value is -2.80. The first-order valence-corrected chi connectivity index (χ1v) is 15.3. The van der Waals surface area contributed by atoms with Crippen molar-refractivity contribution in [2.75, 3.05) is 19.7 Å². The molecule has 4 N–H and O–H groups in total. The van der Waals surface area contributed by atoms with Crippen molar-refractivity contribution in [1.82, 2.24) is 9.62 Å². The highest BCUT2D eigenvalue weighted by Crippen LogP contribution is 2.44. The van der Waals surface area contributed by atoms with E-state index in [0.29, 0.717) is 11.5 Å². The molecule has 0 aliphatic rings. The number of benzene rings is 2. The molecule has 2 aromatic rings.